The van der Waals surface area contributed by atoms with E-state index in [0.29, 0.717) is 26.2 Å². The number of nitrogens with one attached hydrogen (secondary N) is 1. The summed E-state index contributed by atoms with van der Waals surface area (Å²) in [6.45, 7) is 6.95. The fourth-order valence-corrected chi connectivity index (χ4v) is 3.32. The smallest absolute Gasteiger partial charge is 0.311 e. The van der Waals surface area contributed by atoms with Crippen LogP contribution in [0.1, 0.15) is 65.2 Å². The maximum atomic E-state index is 12.8. The number of morpholine rings is 1. The van der Waals surface area contributed by atoms with E-state index in [-0.39, 0.29) is 11.9 Å². The van der Waals surface area contributed by atoms with E-state index >= 15 is 0 Å². The third-order valence-corrected chi connectivity index (χ3v) is 4.94. The summed E-state index contributed by atoms with van der Waals surface area (Å²) in [5.74, 6) is 2.76. The zero-order valence-corrected chi connectivity index (χ0v) is 17.3. The third kappa shape index (κ3) is 7.28. The fraction of sp³-hybridized carbons (Fsp3) is 0.842. The molecule has 2 unspecified atom stereocenters. The highest BCUT2D eigenvalue weighted by molar-refractivity contribution is 14.1. The molecule has 1 heterocycles. The van der Waals surface area contributed by atoms with Crippen molar-refractivity contribution in [3.63, 3.8) is 0 Å². The predicted molar refractivity (Wildman–Crippen MR) is 106 cm³/mol. The molecule has 0 bridgehead atoms. The van der Waals surface area contributed by atoms with Crippen LogP contribution in [0, 0.1) is 15.8 Å². The van der Waals surface area contributed by atoms with E-state index < -0.39 is 5.60 Å². The summed E-state index contributed by atoms with van der Waals surface area (Å²) in [5.41, 5.74) is -0.550. The Kier molecular flexibility index (Phi) is 11.7. The molecule has 138 valence electrons. The molecular formula is C19H32INO3. The second-order valence-electron chi connectivity index (χ2n) is 6.46. The molecule has 1 N–H and O–H groups in total. The van der Waals surface area contributed by atoms with Gasteiger partial charge in [-0.05, 0) is 16.8 Å². The Morgan fingerprint density at radius 1 is 1.29 bits per heavy atom. The van der Waals surface area contributed by atoms with Crippen LogP contribution < -0.4 is 5.32 Å². The Morgan fingerprint density at radius 3 is 2.71 bits per heavy atom. The van der Waals surface area contributed by atoms with Crippen LogP contribution in [0.2, 0.25) is 0 Å². The predicted octanol–water partition coefficient (Wildman–Crippen LogP) is 4.06. The first kappa shape index (κ1) is 21.7. The highest BCUT2D eigenvalue weighted by Crippen LogP contribution is 2.32. The summed E-state index contributed by atoms with van der Waals surface area (Å²) in [7, 11) is 0. The van der Waals surface area contributed by atoms with Gasteiger partial charge in [0.05, 0.1) is 19.1 Å². The van der Waals surface area contributed by atoms with Crippen molar-refractivity contribution in [3.8, 4) is 9.85 Å². The highest BCUT2D eigenvalue weighted by Gasteiger charge is 2.45. The summed E-state index contributed by atoms with van der Waals surface area (Å²) < 4.78 is 14.6. The van der Waals surface area contributed by atoms with Crippen LogP contribution in [0.15, 0.2) is 0 Å². The van der Waals surface area contributed by atoms with Crippen LogP contribution in [0.25, 0.3) is 0 Å². The van der Waals surface area contributed by atoms with Gasteiger partial charge in [-0.3, -0.25) is 4.79 Å². The minimum absolute atomic E-state index is 0.112. The molecule has 1 aliphatic heterocycles. The van der Waals surface area contributed by atoms with Gasteiger partial charge in [0.1, 0.15) is 5.60 Å². The van der Waals surface area contributed by atoms with E-state index in [0.717, 1.165) is 38.6 Å². The standard InChI is InChI=1S/C19H32INO3/c1-3-5-7-8-14-23-18(22)17(10-6-4-2)19(11-9-12-20)16-21-13-15-24-19/h17,21H,3-8,10-11,13-16H2,1-2H3. The Hall–Kier alpha value is -0.320. The number of hydrogen-bond donors (Lipinski definition) is 1. The number of esters is 1. The molecule has 1 saturated heterocycles. The molecule has 2 atom stereocenters. The Bertz CT molecular complexity index is 411. The molecule has 0 radical (unpaired) electrons. The van der Waals surface area contributed by atoms with E-state index in [1.165, 1.54) is 12.8 Å². The highest BCUT2D eigenvalue weighted by atomic mass is 127. The van der Waals surface area contributed by atoms with Gasteiger partial charge in [-0.1, -0.05) is 51.9 Å². The van der Waals surface area contributed by atoms with Crippen LogP contribution >= 0.6 is 22.6 Å². The van der Waals surface area contributed by atoms with Gasteiger partial charge in [0.25, 0.3) is 0 Å². The molecule has 0 saturated carbocycles. The van der Waals surface area contributed by atoms with E-state index in [1.54, 1.807) is 0 Å². The average Bonchev–Trinajstić information content (AvgIpc) is 2.61. The van der Waals surface area contributed by atoms with Crippen LogP contribution in [0.4, 0.5) is 0 Å². The van der Waals surface area contributed by atoms with Crippen molar-refractivity contribution in [1.82, 2.24) is 5.32 Å². The van der Waals surface area contributed by atoms with Gasteiger partial charge in [0, 0.05) is 42.1 Å². The minimum atomic E-state index is -0.550. The normalized spacial score (nSPS) is 21.6. The molecule has 1 fully saturated rings. The van der Waals surface area contributed by atoms with Crippen molar-refractivity contribution in [3.05, 3.63) is 0 Å². The van der Waals surface area contributed by atoms with Gasteiger partial charge in [0.15, 0.2) is 0 Å². The quantitative estimate of drug-likeness (QED) is 0.224. The largest absolute Gasteiger partial charge is 0.465 e. The second-order valence-corrected chi connectivity index (χ2v) is 7.00. The third-order valence-electron chi connectivity index (χ3n) is 4.56. The molecule has 0 amide bonds. The van der Waals surface area contributed by atoms with Crippen molar-refractivity contribution in [2.75, 3.05) is 26.3 Å². The maximum Gasteiger partial charge on any atom is 0.311 e. The van der Waals surface area contributed by atoms with E-state index in [1.807, 2.05) is 22.6 Å². The van der Waals surface area contributed by atoms with Gasteiger partial charge in [0.2, 0.25) is 0 Å². The number of carbonyl (C=O) groups excluding carboxylic acids is 1. The maximum absolute atomic E-state index is 12.8. The SMILES string of the molecule is CCCCCCOC(=O)C(CCCC)C1(CC#CI)CNCCO1. The molecule has 1 rings (SSSR count). The monoisotopic (exact) mass is 449 g/mol. The van der Waals surface area contributed by atoms with Crippen molar-refractivity contribution in [1.29, 1.82) is 0 Å². The zero-order chi connectivity index (χ0) is 17.7. The van der Waals surface area contributed by atoms with E-state index in [9.17, 15) is 4.79 Å². The zero-order valence-electron chi connectivity index (χ0n) is 15.2. The molecule has 24 heavy (non-hydrogen) atoms. The molecule has 0 aromatic heterocycles. The summed E-state index contributed by atoms with van der Waals surface area (Å²) in [4.78, 5) is 12.8. The molecule has 4 nitrogen and oxygen atoms in total. The number of halogens is 1. The summed E-state index contributed by atoms with van der Waals surface area (Å²) in [5, 5.41) is 3.38. The lowest BCUT2D eigenvalue weighted by molar-refractivity contribution is -0.168. The van der Waals surface area contributed by atoms with Crippen LogP contribution in [-0.2, 0) is 14.3 Å². The summed E-state index contributed by atoms with van der Waals surface area (Å²) in [6.07, 6.45) is 7.87. The van der Waals surface area contributed by atoms with E-state index in [2.05, 4.69) is 29.0 Å². The molecule has 0 aromatic rings. The van der Waals surface area contributed by atoms with Gasteiger partial charge in [-0.15, -0.1) is 0 Å². The second kappa shape index (κ2) is 13.0. The van der Waals surface area contributed by atoms with E-state index in [4.69, 9.17) is 9.47 Å². The number of ether oxygens (including phenoxy) is 2. The average molecular weight is 449 g/mol. The van der Waals surface area contributed by atoms with Gasteiger partial charge < -0.3 is 14.8 Å². The molecule has 1 aliphatic rings. The van der Waals surface area contributed by atoms with Gasteiger partial charge in [-0.2, -0.15) is 0 Å². The fourth-order valence-electron chi connectivity index (χ4n) is 3.13. The van der Waals surface area contributed by atoms with Crippen LogP contribution in [0.5, 0.6) is 0 Å². The first-order valence-electron chi connectivity index (χ1n) is 9.30. The minimum Gasteiger partial charge on any atom is -0.465 e. The number of rotatable bonds is 11. The Morgan fingerprint density at radius 2 is 2.08 bits per heavy atom. The first-order chi connectivity index (χ1) is 11.7. The Balaban J connectivity index is 2.74. The molecular weight excluding hydrogens is 417 g/mol. The molecule has 0 spiro atoms. The van der Waals surface area contributed by atoms with Crippen molar-refractivity contribution in [2.24, 2.45) is 5.92 Å². The Labute approximate surface area is 161 Å². The molecule has 0 aromatic carbocycles. The topological polar surface area (TPSA) is 47.6 Å². The van der Waals surface area contributed by atoms with Gasteiger partial charge >= 0.3 is 5.97 Å². The van der Waals surface area contributed by atoms with Crippen molar-refractivity contribution < 1.29 is 14.3 Å². The summed E-state index contributed by atoms with van der Waals surface area (Å²) >= 11 is 2.04. The lowest BCUT2D eigenvalue weighted by atomic mass is 9.80. The number of unbranched alkanes of at least 4 members (excludes halogenated alkanes) is 4. The van der Waals surface area contributed by atoms with Crippen molar-refractivity contribution in [2.45, 2.75) is 70.8 Å². The molecule has 0 aliphatic carbocycles. The van der Waals surface area contributed by atoms with Gasteiger partial charge in [-0.25, -0.2) is 0 Å². The number of carbonyl (C=O) groups is 1. The van der Waals surface area contributed by atoms with Crippen LogP contribution in [0.3, 0.4) is 0 Å². The lowest BCUT2D eigenvalue weighted by Gasteiger charge is -2.41. The lowest BCUT2D eigenvalue weighted by Crippen LogP contribution is -2.56. The van der Waals surface area contributed by atoms with Crippen LogP contribution in [-0.4, -0.2) is 37.9 Å². The van der Waals surface area contributed by atoms with Crippen molar-refractivity contribution >= 4 is 28.6 Å². The number of hydrogen-bond acceptors (Lipinski definition) is 4. The summed E-state index contributed by atoms with van der Waals surface area (Å²) in [6, 6.07) is 0. The first-order valence-corrected chi connectivity index (χ1v) is 10.4. The molecule has 5 heteroatoms.